The molecule has 0 aromatic carbocycles. The molecule has 7 nitrogen and oxygen atoms in total. The Morgan fingerprint density at radius 3 is 3.06 bits per heavy atom. The molecule has 0 unspecified atom stereocenters. The number of fused-ring (bicyclic) bond motifs is 1. The molecule has 2 heterocycles. The van der Waals surface area contributed by atoms with Crippen molar-refractivity contribution in [3.8, 4) is 0 Å². The first kappa shape index (κ1) is 12.6. The van der Waals surface area contributed by atoms with Crippen molar-refractivity contribution in [3.05, 3.63) is 24.0 Å². The molecule has 0 radical (unpaired) electrons. The molecule has 2 rings (SSSR count). The molecule has 3 N–H and O–H groups in total. The Morgan fingerprint density at radius 2 is 2.39 bits per heavy atom. The Hall–Kier alpha value is -3.44. The molecule has 0 aliphatic carbocycles. The van der Waals surface area contributed by atoms with E-state index in [9.17, 15) is 9.59 Å². The van der Waals surface area contributed by atoms with Crippen LogP contribution >= 0.6 is 0 Å². The van der Waals surface area contributed by atoms with E-state index in [2.05, 4.69) is 20.5 Å². The molecule has 2 aromatic rings. The zero-order valence-electron chi connectivity index (χ0n) is 8.96. The van der Waals surface area contributed by atoms with E-state index in [4.69, 9.17) is 5.11 Å². The molecule has 0 saturated heterocycles. The van der Waals surface area contributed by atoms with Gasteiger partial charge in [0.25, 0.3) is 0 Å². The monoisotopic (exact) mass is 490 g/mol. The molecule has 0 saturated carbocycles. The van der Waals surface area contributed by atoms with Crippen molar-refractivity contribution in [2.75, 3.05) is 0 Å². The number of aromatic amines is 1. The predicted octanol–water partition coefficient (Wildman–Crippen LogP) is -0.390. The van der Waals surface area contributed by atoms with E-state index in [1.165, 1.54) is 6.41 Å². The maximum Gasteiger partial charge on any atom is 0.323 e. The van der Waals surface area contributed by atoms with Gasteiger partial charge < -0.3 is 15.2 Å². The summed E-state index contributed by atoms with van der Waals surface area (Å²) in [6, 6.07) is 2.48. The van der Waals surface area contributed by atoms with E-state index in [1.54, 1.807) is 18.3 Å². The number of hydrogen-bond acceptors (Lipinski definition) is 4. The van der Waals surface area contributed by atoms with Gasteiger partial charge in [0.2, 0.25) is 0 Å². The number of aromatic nitrogens is 3. The molecule has 18 heavy (non-hydrogen) atoms. The maximum absolute atomic E-state index is 10.9. The van der Waals surface area contributed by atoms with E-state index in [0.29, 0.717) is 11.3 Å². The fraction of sp³-hybridized carbons (Fsp3) is 0.200. The summed E-state index contributed by atoms with van der Waals surface area (Å²) in [5, 5.41) is 18.4. The topological polar surface area (TPSA) is 108 Å². The Morgan fingerprint density at radius 1 is 1.61 bits per heavy atom. The van der Waals surface area contributed by atoms with Gasteiger partial charge in [-0.2, -0.15) is 11.5 Å². The van der Waals surface area contributed by atoms with Gasteiger partial charge in [-0.3, -0.25) is 9.89 Å². The number of hydrogen-bond donors (Lipinski definition) is 3. The second kappa shape index (κ2) is 5.06. The van der Waals surface area contributed by atoms with Crippen LogP contribution in [0.15, 0.2) is 18.3 Å². The minimum absolute atomic E-state index is 0. The van der Waals surface area contributed by atoms with Crippen LogP contribution in [0.1, 0.15) is 5.69 Å². The Balaban J connectivity index is 0.00000162. The summed E-state index contributed by atoms with van der Waals surface area (Å²) in [5.74, 6) is -1.13. The summed E-state index contributed by atoms with van der Waals surface area (Å²) < 4.78 is 0. The van der Waals surface area contributed by atoms with Gasteiger partial charge in [0, 0.05) is 23.7 Å². The minimum Gasteiger partial charge on any atom is -0.520 e. The number of nitrogens with zero attached hydrogens (tertiary/aromatic N) is 2. The Labute approximate surface area is 95.9 Å². The summed E-state index contributed by atoms with van der Waals surface area (Å²) >= 11 is 0. The van der Waals surface area contributed by atoms with Gasteiger partial charge in [-0.05, 0) is 12.1 Å². The quantitative estimate of drug-likeness (QED) is 0.391. The van der Waals surface area contributed by atoms with E-state index in [0.717, 1.165) is 5.39 Å². The average molecular weight is 490 g/mol. The van der Waals surface area contributed by atoms with Crippen molar-refractivity contribution in [1.29, 1.82) is 0 Å². The SMILES string of the molecule is O=[C-]N[C@@H](Cc1[nH]nc2ncccc12)C(=O)O.[Fm]. The number of carboxylic acid groups (broad SMARTS) is 1. The van der Waals surface area contributed by atoms with Crippen molar-refractivity contribution in [1.82, 2.24) is 20.5 Å². The van der Waals surface area contributed by atoms with Crippen LogP contribution in [0, 0.1) is 0 Å². The first-order valence-electron chi connectivity index (χ1n) is 4.86. The molecule has 1 atom stereocenters. The van der Waals surface area contributed by atoms with Crippen molar-refractivity contribution in [3.63, 3.8) is 0 Å². The van der Waals surface area contributed by atoms with Crippen LogP contribution in [0.2, 0.25) is 0 Å². The van der Waals surface area contributed by atoms with Gasteiger partial charge >= 0.3 is 5.97 Å². The van der Waals surface area contributed by atoms with Crippen LogP contribution in [0.25, 0.3) is 11.0 Å². The number of amides is 1. The number of H-pyrrole nitrogens is 1. The number of carboxylic acids is 1. The fourth-order valence-corrected chi connectivity index (χ4v) is 1.53. The number of carbonyl (C=O) groups is 1. The zero-order chi connectivity index (χ0) is 12.3. The summed E-state index contributed by atoms with van der Waals surface area (Å²) in [6.07, 6.45) is 3.08. The van der Waals surface area contributed by atoms with Crippen LogP contribution in [0.5, 0.6) is 0 Å². The van der Waals surface area contributed by atoms with Gasteiger partial charge in [-0.25, -0.2) is 4.98 Å². The number of pyridine rings is 1. The van der Waals surface area contributed by atoms with Crippen LogP contribution in [-0.4, -0.2) is 38.7 Å². The summed E-state index contributed by atoms with van der Waals surface area (Å²) in [4.78, 5) is 25.0. The van der Waals surface area contributed by atoms with Crippen molar-refractivity contribution >= 4 is 23.4 Å². The molecule has 0 bridgehead atoms. The zero-order valence-corrected chi connectivity index (χ0v) is 11.4. The number of nitrogens with one attached hydrogen (secondary N) is 2. The van der Waals surface area contributed by atoms with Crippen molar-refractivity contribution in [2.45, 2.75) is 12.5 Å². The molecule has 0 aliphatic heterocycles. The maximum atomic E-state index is 10.9. The Bertz CT molecular complexity index is 557. The van der Waals surface area contributed by atoms with E-state index < -0.39 is 12.0 Å². The molecule has 0 fully saturated rings. The van der Waals surface area contributed by atoms with Gasteiger partial charge in [0.15, 0.2) is 5.65 Å². The van der Waals surface area contributed by atoms with Crippen LogP contribution in [-0.2, 0) is 16.0 Å². The molecule has 0 spiro atoms. The molecular formula is C10H9FmN4O3-. The van der Waals surface area contributed by atoms with E-state index in [1.807, 2.05) is 0 Å². The number of aliphatic carboxylic acids is 1. The smallest absolute Gasteiger partial charge is 0.323 e. The van der Waals surface area contributed by atoms with Crippen molar-refractivity contribution < 1.29 is 14.7 Å². The molecule has 1 amide bonds. The van der Waals surface area contributed by atoms with Gasteiger partial charge in [0.05, 0.1) is 0 Å². The third-order valence-electron chi connectivity index (χ3n) is 2.35. The summed E-state index contributed by atoms with van der Waals surface area (Å²) in [5.41, 5.74) is 1.13. The number of rotatable bonds is 5. The third-order valence-corrected chi connectivity index (χ3v) is 2.35. The minimum atomic E-state index is -1.13. The molecular weight excluding hydrogens is 481 g/mol. The first-order valence-corrected chi connectivity index (χ1v) is 4.86. The summed E-state index contributed by atoms with van der Waals surface area (Å²) in [6.45, 7) is 0. The van der Waals surface area contributed by atoms with Gasteiger partial charge in [-0.1, -0.05) is 0 Å². The average Bonchev–Trinajstić information content (AvgIpc) is 2.72. The van der Waals surface area contributed by atoms with Crippen LogP contribution < -0.4 is 5.32 Å². The van der Waals surface area contributed by atoms with Crippen LogP contribution in [0.4, 0.5) is 0 Å². The normalized spacial score (nSPS) is 11.6. The van der Waals surface area contributed by atoms with Gasteiger partial charge in [-0.15, -0.1) is 0 Å². The third kappa shape index (κ3) is 2.21. The second-order valence-corrected chi connectivity index (χ2v) is 3.42. The molecule has 2 aromatic heterocycles. The van der Waals surface area contributed by atoms with Crippen LogP contribution in [0.3, 0.4) is 0 Å². The largest absolute Gasteiger partial charge is 0.520 e. The fourth-order valence-electron chi connectivity index (χ4n) is 1.53. The first-order chi connectivity index (χ1) is 8.22. The molecule has 0 aliphatic rings. The Kier molecular flexibility index (Phi) is 3.55. The number of carbonyl (C=O) groups excluding carboxylic acids is 1. The van der Waals surface area contributed by atoms with E-state index >= 15 is 0 Å². The van der Waals surface area contributed by atoms with Gasteiger partial charge in [0.1, 0.15) is 6.04 Å². The summed E-state index contributed by atoms with van der Waals surface area (Å²) in [7, 11) is 0. The molecule has 8 heteroatoms. The standard InChI is InChI=1S/C10H9N4O3.Fm/c15-5-12-8(10(16)17)4-7-6-2-1-3-11-9(6)14-13-7;/h1-3,8H,4H2,(H,12,15)(H,16,17)(H,11,13,14);/q-1;/t8-;/m0./s1. The van der Waals surface area contributed by atoms with Crippen molar-refractivity contribution in [2.24, 2.45) is 0 Å². The molecule has 100 valence electrons. The van der Waals surface area contributed by atoms with E-state index in [-0.39, 0.29) is 6.42 Å². The predicted molar refractivity (Wildman–Crippen MR) is 57.8 cm³/mol. The second-order valence-electron chi connectivity index (χ2n) is 3.42.